The molecule has 1 rings (SSSR count). The Bertz CT molecular complexity index is 329. The Morgan fingerprint density at radius 3 is 2.63 bits per heavy atom. The highest BCUT2D eigenvalue weighted by molar-refractivity contribution is 5.60. The zero-order valence-corrected chi connectivity index (χ0v) is 11.2. The molecule has 0 aromatic heterocycles. The van der Waals surface area contributed by atoms with E-state index in [2.05, 4.69) is 10.0 Å². The van der Waals surface area contributed by atoms with Gasteiger partial charge in [-0.25, -0.2) is 4.79 Å². The van der Waals surface area contributed by atoms with Gasteiger partial charge < -0.3 is 19.8 Å². The molecule has 1 heterocycles. The Kier molecular flexibility index (Phi) is 5.61. The maximum atomic E-state index is 11.4. The topological polar surface area (TPSA) is 107 Å². The first kappa shape index (κ1) is 15.3. The molecule has 19 heavy (non-hydrogen) atoms. The molecule has 0 aromatic carbocycles. The summed E-state index contributed by atoms with van der Waals surface area (Å²) in [6, 6.07) is 0. The van der Waals surface area contributed by atoms with Crippen LogP contribution in [0, 0.1) is 11.1 Å². The van der Waals surface area contributed by atoms with Gasteiger partial charge in [-0.1, -0.05) is 0 Å². The number of aliphatic hydroxyl groups excluding tert-OH is 1. The molecule has 9 heteroatoms. The van der Waals surface area contributed by atoms with Gasteiger partial charge in [-0.15, -0.1) is 5.01 Å². The van der Waals surface area contributed by atoms with E-state index < -0.39 is 12.4 Å². The first-order chi connectivity index (χ1) is 8.92. The minimum Gasteiger partial charge on any atom is -0.569 e. The molecule has 1 unspecified atom stereocenters. The quantitative estimate of drug-likeness (QED) is 0.249. The van der Waals surface area contributed by atoms with Crippen molar-refractivity contribution in [3.63, 3.8) is 0 Å². The van der Waals surface area contributed by atoms with E-state index in [1.165, 1.54) is 11.9 Å². The highest BCUT2D eigenvalue weighted by Crippen LogP contribution is 2.14. The largest absolute Gasteiger partial charge is 0.569 e. The lowest BCUT2D eigenvalue weighted by Gasteiger charge is -2.32. The maximum absolute atomic E-state index is 11.4. The standard InChI is InChI=1S/C10H19N3O6/c1-7(2)17-10(15)18-8(3)19-11-13(16)12-4-9(5-12)6-14/h7-9,14H,4-6H2,1-3H3. The number of hydrazine groups is 1. The summed E-state index contributed by atoms with van der Waals surface area (Å²) in [4.78, 5) is 16.1. The van der Waals surface area contributed by atoms with Crippen molar-refractivity contribution in [3.8, 4) is 0 Å². The number of nitrogens with zero attached hydrogens (tertiary/aromatic N) is 3. The number of hydrogen-bond donors (Lipinski definition) is 1. The van der Waals surface area contributed by atoms with Gasteiger partial charge in [0, 0.05) is 19.4 Å². The van der Waals surface area contributed by atoms with Crippen LogP contribution >= 0.6 is 0 Å². The molecule has 0 amide bonds. The van der Waals surface area contributed by atoms with E-state index in [0.29, 0.717) is 13.1 Å². The second-order valence-corrected chi connectivity index (χ2v) is 4.46. The molecule has 1 saturated heterocycles. The first-order valence-corrected chi connectivity index (χ1v) is 5.99. The van der Waals surface area contributed by atoms with Gasteiger partial charge in [-0.3, -0.25) is 4.84 Å². The summed E-state index contributed by atoms with van der Waals surface area (Å²) in [5, 5.41) is 24.7. The number of aliphatic hydroxyl groups is 1. The Hall–Kier alpha value is -1.77. The minimum absolute atomic E-state index is 0.0335. The second kappa shape index (κ2) is 6.98. The van der Waals surface area contributed by atoms with Gasteiger partial charge in [0.05, 0.1) is 24.2 Å². The Labute approximate surface area is 110 Å². The Morgan fingerprint density at radius 1 is 1.47 bits per heavy atom. The molecule has 1 N–H and O–H groups in total. The summed E-state index contributed by atoms with van der Waals surface area (Å²) >= 11 is 0. The van der Waals surface area contributed by atoms with Crippen molar-refractivity contribution in [1.29, 1.82) is 0 Å². The molecule has 0 radical (unpaired) electrons. The van der Waals surface area contributed by atoms with E-state index in [4.69, 9.17) is 14.7 Å². The molecule has 1 fully saturated rings. The fourth-order valence-electron chi connectivity index (χ4n) is 1.33. The third kappa shape index (κ3) is 5.16. The van der Waals surface area contributed by atoms with Crippen LogP contribution in [0.15, 0.2) is 5.28 Å². The number of carbonyl (C=O) groups excluding carboxylic acids is 1. The zero-order valence-electron chi connectivity index (χ0n) is 11.2. The predicted molar refractivity (Wildman–Crippen MR) is 61.5 cm³/mol. The van der Waals surface area contributed by atoms with Crippen molar-refractivity contribution in [2.24, 2.45) is 11.2 Å². The van der Waals surface area contributed by atoms with Crippen LogP contribution in [0.5, 0.6) is 0 Å². The lowest BCUT2D eigenvalue weighted by atomic mass is 10.0. The first-order valence-electron chi connectivity index (χ1n) is 5.99. The molecule has 1 atom stereocenters. The van der Waals surface area contributed by atoms with E-state index >= 15 is 0 Å². The summed E-state index contributed by atoms with van der Waals surface area (Å²) < 4.78 is 9.41. The van der Waals surface area contributed by atoms with Gasteiger partial charge in [0.2, 0.25) is 5.28 Å². The molecule has 0 aromatic rings. The monoisotopic (exact) mass is 277 g/mol. The molecule has 1 aliphatic rings. The Balaban J connectivity index is 2.25. The van der Waals surface area contributed by atoms with Gasteiger partial charge in [-0.2, -0.15) is 0 Å². The van der Waals surface area contributed by atoms with E-state index in [-0.39, 0.29) is 23.6 Å². The van der Waals surface area contributed by atoms with Crippen LogP contribution in [0.3, 0.4) is 0 Å². The second-order valence-electron chi connectivity index (χ2n) is 4.46. The molecule has 1 aliphatic heterocycles. The molecule has 0 bridgehead atoms. The fourth-order valence-corrected chi connectivity index (χ4v) is 1.33. The van der Waals surface area contributed by atoms with Crippen LogP contribution in [0.4, 0.5) is 4.79 Å². The fraction of sp³-hybridized carbons (Fsp3) is 0.900. The SMILES string of the molecule is CC(C)OC(=O)OC(C)ON=[N+]([O-])N1CC(CO)C1. The van der Waals surface area contributed by atoms with Crippen LogP contribution in [-0.2, 0) is 14.3 Å². The number of carbonyl (C=O) groups is 1. The lowest BCUT2D eigenvalue weighted by Crippen LogP contribution is -2.51. The third-order valence-electron chi connectivity index (χ3n) is 2.30. The van der Waals surface area contributed by atoms with Crippen LogP contribution < -0.4 is 0 Å². The summed E-state index contributed by atoms with van der Waals surface area (Å²) in [5.74, 6) is 0.0846. The molecule has 9 nitrogen and oxygen atoms in total. The van der Waals surface area contributed by atoms with E-state index in [0.717, 1.165) is 0 Å². The third-order valence-corrected chi connectivity index (χ3v) is 2.30. The maximum Gasteiger partial charge on any atom is 0.511 e. The van der Waals surface area contributed by atoms with Gasteiger partial charge in [0.15, 0.2) is 0 Å². The van der Waals surface area contributed by atoms with Crippen molar-refractivity contribution in [2.75, 3.05) is 19.7 Å². The molecule has 0 saturated carbocycles. The van der Waals surface area contributed by atoms with E-state index in [1.54, 1.807) is 13.8 Å². The van der Waals surface area contributed by atoms with Crippen molar-refractivity contribution < 1.29 is 29.2 Å². The highest BCUT2D eigenvalue weighted by atomic mass is 16.8. The van der Waals surface area contributed by atoms with Crippen LogP contribution in [0.1, 0.15) is 20.8 Å². The molecule has 110 valence electrons. The van der Waals surface area contributed by atoms with Crippen molar-refractivity contribution in [3.05, 3.63) is 5.21 Å². The van der Waals surface area contributed by atoms with Crippen LogP contribution in [-0.4, -0.2) is 53.3 Å². The normalized spacial score (nSPS) is 17.9. The van der Waals surface area contributed by atoms with Gasteiger partial charge in [0.25, 0.3) is 6.29 Å². The minimum atomic E-state index is -1.03. The van der Waals surface area contributed by atoms with Crippen molar-refractivity contribution >= 4 is 6.16 Å². The molecular formula is C10H19N3O6. The van der Waals surface area contributed by atoms with Crippen molar-refractivity contribution in [1.82, 2.24) is 5.01 Å². The predicted octanol–water partition coefficient (Wildman–Crippen LogP) is 0.627. The Morgan fingerprint density at radius 2 is 2.11 bits per heavy atom. The van der Waals surface area contributed by atoms with Gasteiger partial charge in [-0.05, 0) is 13.8 Å². The average molecular weight is 277 g/mol. The molecule has 0 aliphatic carbocycles. The molecule has 0 spiro atoms. The number of rotatable bonds is 6. The van der Waals surface area contributed by atoms with Crippen LogP contribution in [0.2, 0.25) is 0 Å². The van der Waals surface area contributed by atoms with Gasteiger partial charge >= 0.3 is 6.16 Å². The number of ether oxygens (including phenoxy) is 2. The lowest BCUT2D eigenvalue weighted by molar-refractivity contribution is -0.728. The summed E-state index contributed by atoms with van der Waals surface area (Å²) in [6.07, 6.45) is -2.22. The van der Waals surface area contributed by atoms with E-state index in [9.17, 15) is 10.0 Å². The zero-order chi connectivity index (χ0) is 14.4. The van der Waals surface area contributed by atoms with Crippen molar-refractivity contribution in [2.45, 2.75) is 33.2 Å². The number of hydrogen-bond acceptors (Lipinski definition) is 7. The van der Waals surface area contributed by atoms with Crippen LogP contribution in [0.25, 0.3) is 0 Å². The smallest absolute Gasteiger partial charge is 0.511 e. The molecular weight excluding hydrogens is 258 g/mol. The van der Waals surface area contributed by atoms with Gasteiger partial charge in [0.1, 0.15) is 0 Å². The summed E-state index contributed by atoms with van der Waals surface area (Å²) in [7, 11) is 0. The summed E-state index contributed by atoms with van der Waals surface area (Å²) in [5.41, 5.74) is 0. The summed E-state index contributed by atoms with van der Waals surface area (Å²) in [6.45, 7) is 5.63. The highest BCUT2D eigenvalue weighted by Gasteiger charge is 2.32. The van der Waals surface area contributed by atoms with E-state index in [1.807, 2.05) is 0 Å². The average Bonchev–Trinajstić information content (AvgIpc) is 2.23.